The largest absolute Gasteiger partial charge is 0.377 e. The van der Waals surface area contributed by atoms with Crippen LogP contribution >= 0.6 is 0 Å². The first-order valence-corrected chi connectivity index (χ1v) is 13.9. The highest BCUT2D eigenvalue weighted by molar-refractivity contribution is 5.90. The molecule has 38 heavy (non-hydrogen) atoms. The Balaban J connectivity index is 1.46. The maximum Gasteiger partial charge on any atom is 0.276 e. The summed E-state index contributed by atoms with van der Waals surface area (Å²) in [7, 11) is 0. The minimum atomic E-state index is -2.86. The first kappa shape index (κ1) is 26.4. The van der Waals surface area contributed by atoms with Gasteiger partial charge in [-0.3, -0.25) is 4.98 Å². The third-order valence-electron chi connectivity index (χ3n) is 8.27. The van der Waals surface area contributed by atoms with Crippen LogP contribution in [0, 0.1) is 17.2 Å². The highest BCUT2D eigenvalue weighted by Crippen LogP contribution is 2.42. The van der Waals surface area contributed by atoms with Gasteiger partial charge in [0.15, 0.2) is 0 Å². The van der Waals surface area contributed by atoms with Gasteiger partial charge < -0.3 is 10.2 Å². The molecule has 6 rings (SSSR count). The summed E-state index contributed by atoms with van der Waals surface area (Å²) >= 11 is 0. The summed E-state index contributed by atoms with van der Waals surface area (Å²) in [4.78, 5) is 6.87. The average Bonchev–Trinajstić information content (AvgIpc) is 2.94. The second-order valence-electron chi connectivity index (χ2n) is 10.9. The lowest BCUT2D eigenvalue weighted by Crippen LogP contribution is -2.40. The number of anilines is 1. The lowest BCUT2D eigenvalue weighted by Gasteiger charge is -2.36. The number of hydrogen-bond donors (Lipinski definition) is 1. The van der Waals surface area contributed by atoms with Gasteiger partial charge in [0.05, 0.1) is 35.8 Å². The lowest BCUT2D eigenvalue weighted by molar-refractivity contribution is -0.0855. The molecule has 3 aliphatic rings. The van der Waals surface area contributed by atoms with Gasteiger partial charge >= 0.3 is 0 Å². The maximum atomic E-state index is 15.7. The van der Waals surface area contributed by atoms with Crippen molar-refractivity contribution in [2.24, 2.45) is 5.92 Å². The van der Waals surface area contributed by atoms with Crippen molar-refractivity contribution in [3.8, 4) is 6.07 Å². The molecule has 3 aliphatic heterocycles. The monoisotopic (exact) mass is 518 g/mol. The lowest BCUT2D eigenvalue weighted by atomic mass is 9.85. The molecule has 0 radical (unpaired) electrons. The second kappa shape index (κ2) is 11.7. The van der Waals surface area contributed by atoms with Gasteiger partial charge in [0.2, 0.25) is 0 Å². The molecule has 0 spiro atoms. The average molecular weight is 519 g/mol. The van der Waals surface area contributed by atoms with E-state index in [4.69, 9.17) is 0 Å². The Bertz CT molecular complexity index is 1280. The van der Waals surface area contributed by atoms with Crippen molar-refractivity contribution in [1.82, 2.24) is 20.1 Å². The molecule has 0 amide bonds. The third kappa shape index (κ3) is 5.78. The highest BCUT2D eigenvalue weighted by atomic mass is 19.3. The molecular formula is C30H36F2N6. The molecule has 200 valence electrons. The van der Waals surface area contributed by atoms with Gasteiger partial charge in [-0.15, -0.1) is 5.10 Å². The molecule has 3 aromatic rings. The van der Waals surface area contributed by atoms with Crippen molar-refractivity contribution < 1.29 is 8.78 Å². The van der Waals surface area contributed by atoms with E-state index in [2.05, 4.69) is 31.5 Å². The van der Waals surface area contributed by atoms with Gasteiger partial charge in [-0.05, 0) is 69.9 Å². The predicted molar refractivity (Wildman–Crippen MR) is 145 cm³/mol. The molecule has 2 atom stereocenters. The Morgan fingerprint density at radius 3 is 2.61 bits per heavy atom. The Morgan fingerprint density at radius 2 is 1.79 bits per heavy atom. The molecule has 8 heteroatoms. The zero-order valence-corrected chi connectivity index (χ0v) is 22.0. The number of pyridine rings is 1. The molecule has 5 heterocycles. The fraction of sp³-hybridized carbons (Fsp3) is 0.533. The molecule has 1 unspecified atom stereocenters. The normalized spacial score (nSPS) is 26.6. The van der Waals surface area contributed by atoms with Crippen molar-refractivity contribution >= 4 is 16.6 Å². The quantitative estimate of drug-likeness (QED) is 0.347. The number of alkyl halides is 2. The van der Waals surface area contributed by atoms with E-state index < -0.39 is 11.8 Å². The third-order valence-corrected chi connectivity index (χ3v) is 8.27. The fourth-order valence-corrected chi connectivity index (χ4v) is 5.86. The highest BCUT2D eigenvalue weighted by Gasteiger charge is 2.42. The van der Waals surface area contributed by atoms with Crippen molar-refractivity contribution in [2.75, 3.05) is 25.0 Å². The molecule has 6 nitrogen and oxygen atoms in total. The molecule has 6 bridgehead atoms. The van der Waals surface area contributed by atoms with E-state index in [1.54, 1.807) is 30.6 Å². The summed E-state index contributed by atoms with van der Waals surface area (Å²) in [5.41, 5.74) is 2.98. The number of rotatable bonds is 0. The zero-order valence-electron chi connectivity index (χ0n) is 22.0. The van der Waals surface area contributed by atoms with E-state index in [0.29, 0.717) is 18.4 Å². The van der Waals surface area contributed by atoms with E-state index in [1.165, 1.54) is 0 Å². The van der Waals surface area contributed by atoms with Crippen LogP contribution in [0.2, 0.25) is 0 Å². The standard InChI is InChI=1S/C30H36F2N6/c1-21-22-9-7-10-25(16-22)30(31,32)24-11-14-38(15-12-24)13-6-4-2-3-5-8-23(18-33)27-17-26-28(36-21)20-35-37-29(26)19-34-27/h7,9-10,16-17,19-21,23-24,36H,2-6,8,11-15H2,1H3/t21-,23?/m1/s1. The van der Waals surface area contributed by atoms with Crippen molar-refractivity contribution in [2.45, 2.75) is 76.2 Å². The molecule has 1 fully saturated rings. The Labute approximate surface area is 223 Å². The van der Waals surface area contributed by atoms with Crippen LogP contribution < -0.4 is 5.32 Å². The van der Waals surface area contributed by atoms with Crippen LogP contribution in [0.3, 0.4) is 0 Å². The summed E-state index contributed by atoms with van der Waals surface area (Å²) in [5.74, 6) is -3.78. The van der Waals surface area contributed by atoms with E-state index >= 15 is 8.78 Å². The van der Waals surface area contributed by atoms with Crippen LogP contribution in [0.5, 0.6) is 0 Å². The Morgan fingerprint density at radius 1 is 1.00 bits per heavy atom. The minimum absolute atomic E-state index is 0.0882. The smallest absolute Gasteiger partial charge is 0.276 e. The molecule has 1 saturated heterocycles. The van der Waals surface area contributed by atoms with Gasteiger partial charge in [0, 0.05) is 22.9 Å². The summed E-state index contributed by atoms with van der Waals surface area (Å²) < 4.78 is 31.3. The van der Waals surface area contributed by atoms with Crippen LogP contribution in [0.15, 0.2) is 42.7 Å². The van der Waals surface area contributed by atoms with Crippen molar-refractivity contribution in [1.29, 1.82) is 5.26 Å². The molecule has 1 N–H and O–H groups in total. The molecule has 2 aromatic heterocycles. The molecule has 0 aliphatic carbocycles. The summed E-state index contributed by atoms with van der Waals surface area (Å²) in [6.45, 7) is 4.40. The minimum Gasteiger partial charge on any atom is -0.377 e. The summed E-state index contributed by atoms with van der Waals surface area (Å²) in [5, 5.41) is 22.5. The summed E-state index contributed by atoms with van der Waals surface area (Å²) in [6.07, 6.45) is 10.5. The number of halogens is 2. The maximum absolute atomic E-state index is 15.7. The van der Waals surface area contributed by atoms with E-state index in [-0.39, 0.29) is 17.5 Å². The Hall–Kier alpha value is -3.18. The van der Waals surface area contributed by atoms with Crippen LogP contribution in [0.1, 0.15) is 87.1 Å². The number of piperidine rings is 1. The SMILES string of the molecule is C[C@H]1Nc2cnnc3cnc(cc23)C(C#N)CCCCCCCN2CCC(CC2)C(F)(F)c2cccc1c2. The number of nitrogens with one attached hydrogen (secondary N) is 1. The van der Waals surface area contributed by atoms with Crippen molar-refractivity contribution in [3.05, 3.63) is 59.5 Å². The summed E-state index contributed by atoms with van der Waals surface area (Å²) in [6, 6.07) is 10.9. The van der Waals surface area contributed by atoms with E-state index in [1.807, 2.05) is 19.1 Å². The number of fused-ring (bicyclic) bond motifs is 10. The van der Waals surface area contributed by atoms with Crippen molar-refractivity contribution in [3.63, 3.8) is 0 Å². The number of hydrogen-bond acceptors (Lipinski definition) is 6. The first-order chi connectivity index (χ1) is 18.5. The van der Waals surface area contributed by atoms with Gasteiger partial charge in [-0.25, -0.2) is 8.78 Å². The van der Waals surface area contributed by atoms with Crippen LogP contribution in [0.4, 0.5) is 14.5 Å². The van der Waals surface area contributed by atoms with Gasteiger partial charge in [-0.1, -0.05) is 43.9 Å². The second-order valence-corrected chi connectivity index (χ2v) is 10.9. The van der Waals surface area contributed by atoms with Crippen LogP contribution in [-0.4, -0.2) is 39.7 Å². The molecule has 0 saturated carbocycles. The number of aromatic nitrogens is 3. The van der Waals surface area contributed by atoms with Crippen LogP contribution in [0.25, 0.3) is 10.9 Å². The Kier molecular flexibility index (Phi) is 8.13. The van der Waals surface area contributed by atoms with Crippen LogP contribution in [-0.2, 0) is 5.92 Å². The fourth-order valence-electron chi connectivity index (χ4n) is 5.86. The number of nitriles is 1. The molecular weight excluding hydrogens is 482 g/mol. The van der Waals surface area contributed by atoms with E-state index in [0.717, 1.165) is 80.5 Å². The topological polar surface area (TPSA) is 77.7 Å². The number of benzene rings is 1. The zero-order chi connectivity index (χ0) is 26.5. The van der Waals surface area contributed by atoms with Gasteiger partial charge in [0.1, 0.15) is 5.52 Å². The van der Waals surface area contributed by atoms with Gasteiger partial charge in [-0.2, -0.15) is 10.4 Å². The van der Waals surface area contributed by atoms with E-state index in [9.17, 15) is 5.26 Å². The van der Waals surface area contributed by atoms with Gasteiger partial charge in [0.25, 0.3) is 5.92 Å². The first-order valence-electron chi connectivity index (χ1n) is 13.9. The molecule has 1 aromatic carbocycles. The predicted octanol–water partition coefficient (Wildman–Crippen LogP) is 6.96. The number of nitrogens with zero attached hydrogens (tertiary/aromatic N) is 5.